The number of likely N-dealkylation sites (tertiary alicyclic amines) is 1. The van der Waals surface area contributed by atoms with Gasteiger partial charge in [0.05, 0.1) is 5.56 Å². The lowest BCUT2D eigenvalue weighted by Gasteiger charge is -2.30. The molecular formula is C12H15FN2O. The van der Waals surface area contributed by atoms with Gasteiger partial charge < -0.3 is 10.6 Å². The van der Waals surface area contributed by atoms with E-state index in [2.05, 4.69) is 0 Å². The van der Waals surface area contributed by atoms with Gasteiger partial charge in [-0.25, -0.2) is 4.39 Å². The smallest absolute Gasteiger partial charge is 0.256 e. The van der Waals surface area contributed by atoms with Crippen LogP contribution in [0.1, 0.15) is 23.2 Å². The molecule has 0 saturated carbocycles. The van der Waals surface area contributed by atoms with E-state index >= 15 is 0 Å². The highest BCUT2D eigenvalue weighted by Crippen LogP contribution is 2.14. The molecule has 1 saturated heterocycles. The lowest BCUT2D eigenvalue weighted by Crippen LogP contribution is -2.45. The number of hydrogen-bond acceptors (Lipinski definition) is 2. The van der Waals surface area contributed by atoms with Gasteiger partial charge in [0.2, 0.25) is 0 Å². The molecule has 1 amide bonds. The number of piperidine rings is 1. The summed E-state index contributed by atoms with van der Waals surface area (Å²) < 4.78 is 13.4. The molecule has 4 heteroatoms. The van der Waals surface area contributed by atoms with Crippen molar-refractivity contribution < 1.29 is 9.18 Å². The number of rotatable bonds is 1. The zero-order chi connectivity index (χ0) is 11.5. The van der Waals surface area contributed by atoms with Crippen molar-refractivity contribution in [2.45, 2.75) is 18.9 Å². The van der Waals surface area contributed by atoms with Gasteiger partial charge in [-0.2, -0.15) is 0 Å². The highest BCUT2D eigenvalue weighted by Gasteiger charge is 2.23. The molecule has 1 aliphatic rings. The van der Waals surface area contributed by atoms with E-state index in [1.54, 1.807) is 17.0 Å². The molecule has 1 aliphatic heterocycles. The molecule has 0 bridgehead atoms. The van der Waals surface area contributed by atoms with E-state index < -0.39 is 5.82 Å². The highest BCUT2D eigenvalue weighted by atomic mass is 19.1. The number of carbonyl (C=O) groups is 1. The third-order valence-corrected chi connectivity index (χ3v) is 2.85. The van der Waals surface area contributed by atoms with E-state index in [0.29, 0.717) is 13.1 Å². The van der Waals surface area contributed by atoms with Gasteiger partial charge in [0, 0.05) is 19.1 Å². The van der Waals surface area contributed by atoms with Crippen molar-refractivity contribution in [1.29, 1.82) is 0 Å². The maximum absolute atomic E-state index is 13.4. The molecule has 0 spiro atoms. The third-order valence-electron chi connectivity index (χ3n) is 2.85. The summed E-state index contributed by atoms with van der Waals surface area (Å²) in [5, 5.41) is 0. The van der Waals surface area contributed by atoms with Crippen LogP contribution in [0.2, 0.25) is 0 Å². The molecule has 86 valence electrons. The second-order valence-electron chi connectivity index (χ2n) is 4.13. The number of benzene rings is 1. The minimum absolute atomic E-state index is 0.0180. The van der Waals surface area contributed by atoms with Gasteiger partial charge in [0.15, 0.2) is 0 Å². The largest absolute Gasteiger partial charge is 0.337 e. The molecular weight excluding hydrogens is 207 g/mol. The van der Waals surface area contributed by atoms with Gasteiger partial charge in [0.25, 0.3) is 5.91 Å². The Balaban J connectivity index is 2.16. The summed E-state index contributed by atoms with van der Waals surface area (Å²) in [6.07, 6.45) is 1.82. The van der Waals surface area contributed by atoms with Gasteiger partial charge in [0.1, 0.15) is 5.82 Å². The number of hydrogen-bond donors (Lipinski definition) is 1. The Morgan fingerprint density at radius 3 is 2.88 bits per heavy atom. The first-order valence-electron chi connectivity index (χ1n) is 5.48. The molecule has 0 radical (unpaired) electrons. The van der Waals surface area contributed by atoms with Crippen molar-refractivity contribution >= 4 is 5.91 Å². The average molecular weight is 222 g/mol. The van der Waals surface area contributed by atoms with Crippen LogP contribution in [0.25, 0.3) is 0 Å². The standard InChI is InChI=1S/C12H15FN2O/c13-11-6-2-1-5-10(11)12(16)15-7-3-4-9(14)8-15/h1-2,5-6,9H,3-4,7-8,14H2/t9-/m1/s1. The molecule has 3 nitrogen and oxygen atoms in total. The van der Waals surface area contributed by atoms with Crippen molar-refractivity contribution in [1.82, 2.24) is 4.90 Å². The van der Waals surface area contributed by atoms with Crippen LogP contribution < -0.4 is 5.73 Å². The molecule has 0 aromatic heterocycles. The van der Waals surface area contributed by atoms with Crippen molar-refractivity contribution in [3.05, 3.63) is 35.6 Å². The van der Waals surface area contributed by atoms with E-state index in [-0.39, 0.29) is 17.5 Å². The van der Waals surface area contributed by atoms with E-state index in [1.807, 2.05) is 0 Å². The molecule has 0 aliphatic carbocycles. The van der Waals surface area contributed by atoms with Gasteiger partial charge in [-0.15, -0.1) is 0 Å². The molecule has 1 fully saturated rings. The fraction of sp³-hybridized carbons (Fsp3) is 0.417. The first-order chi connectivity index (χ1) is 7.68. The van der Waals surface area contributed by atoms with Crippen molar-refractivity contribution in [3.63, 3.8) is 0 Å². The topological polar surface area (TPSA) is 46.3 Å². The highest BCUT2D eigenvalue weighted by molar-refractivity contribution is 5.94. The Morgan fingerprint density at radius 1 is 1.44 bits per heavy atom. The first kappa shape index (κ1) is 11.1. The van der Waals surface area contributed by atoms with Crippen molar-refractivity contribution in [2.24, 2.45) is 5.73 Å². The number of nitrogens with zero attached hydrogens (tertiary/aromatic N) is 1. The summed E-state index contributed by atoms with van der Waals surface area (Å²) >= 11 is 0. The maximum Gasteiger partial charge on any atom is 0.256 e. The molecule has 2 N–H and O–H groups in total. The van der Waals surface area contributed by atoms with Gasteiger partial charge >= 0.3 is 0 Å². The van der Waals surface area contributed by atoms with Crippen LogP contribution in [0.15, 0.2) is 24.3 Å². The van der Waals surface area contributed by atoms with Gasteiger partial charge in [-0.05, 0) is 25.0 Å². The van der Waals surface area contributed by atoms with Crippen molar-refractivity contribution in [3.8, 4) is 0 Å². The molecule has 1 heterocycles. The zero-order valence-corrected chi connectivity index (χ0v) is 9.03. The summed E-state index contributed by atoms with van der Waals surface area (Å²) in [6, 6.07) is 6.08. The first-order valence-corrected chi connectivity index (χ1v) is 5.48. The Morgan fingerprint density at radius 2 is 2.19 bits per heavy atom. The summed E-state index contributed by atoms with van der Waals surface area (Å²) in [4.78, 5) is 13.6. The summed E-state index contributed by atoms with van der Waals surface area (Å²) in [5.74, 6) is -0.722. The predicted octanol–water partition coefficient (Wildman–Crippen LogP) is 1.39. The number of amides is 1. The molecule has 2 rings (SSSR count). The average Bonchev–Trinajstić information content (AvgIpc) is 2.29. The van der Waals surface area contributed by atoms with Gasteiger partial charge in [-0.1, -0.05) is 12.1 Å². The van der Waals surface area contributed by atoms with Crippen LogP contribution in [-0.2, 0) is 0 Å². The Hall–Kier alpha value is -1.42. The number of nitrogens with two attached hydrogens (primary N) is 1. The second-order valence-corrected chi connectivity index (χ2v) is 4.13. The Bertz CT molecular complexity index is 394. The molecule has 1 atom stereocenters. The summed E-state index contributed by atoms with van der Waals surface area (Å²) in [7, 11) is 0. The second kappa shape index (κ2) is 4.61. The van der Waals surface area contributed by atoms with Crippen LogP contribution >= 0.6 is 0 Å². The fourth-order valence-electron chi connectivity index (χ4n) is 2.00. The van der Waals surface area contributed by atoms with Crippen LogP contribution in [0.3, 0.4) is 0 Å². The fourth-order valence-corrected chi connectivity index (χ4v) is 2.00. The minimum atomic E-state index is -0.466. The van der Waals surface area contributed by atoms with E-state index in [0.717, 1.165) is 12.8 Å². The normalized spacial score (nSPS) is 20.9. The predicted molar refractivity (Wildman–Crippen MR) is 59.5 cm³/mol. The molecule has 1 aromatic carbocycles. The van der Waals surface area contributed by atoms with Crippen LogP contribution in [0.4, 0.5) is 4.39 Å². The monoisotopic (exact) mass is 222 g/mol. The lowest BCUT2D eigenvalue weighted by atomic mass is 10.1. The third kappa shape index (κ3) is 2.22. The van der Waals surface area contributed by atoms with E-state index in [9.17, 15) is 9.18 Å². The van der Waals surface area contributed by atoms with Gasteiger partial charge in [-0.3, -0.25) is 4.79 Å². The van der Waals surface area contributed by atoms with E-state index in [1.165, 1.54) is 12.1 Å². The lowest BCUT2D eigenvalue weighted by molar-refractivity contribution is 0.0704. The molecule has 0 unspecified atom stereocenters. The number of carbonyl (C=O) groups excluding carboxylic acids is 1. The Labute approximate surface area is 94.0 Å². The zero-order valence-electron chi connectivity index (χ0n) is 9.03. The summed E-state index contributed by atoms with van der Waals surface area (Å²) in [6.45, 7) is 1.19. The van der Waals surface area contributed by atoms with Crippen LogP contribution in [-0.4, -0.2) is 29.9 Å². The number of halogens is 1. The SMILES string of the molecule is N[C@@H]1CCCN(C(=O)c2ccccc2F)C1. The van der Waals surface area contributed by atoms with Crippen molar-refractivity contribution in [2.75, 3.05) is 13.1 Å². The Kier molecular flexibility index (Phi) is 3.19. The minimum Gasteiger partial charge on any atom is -0.337 e. The quantitative estimate of drug-likeness (QED) is 0.780. The van der Waals surface area contributed by atoms with Crippen LogP contribution in [0.5, 0.6) is 0 Å². The molecule has 16 heavy (non-hydrogen) atoms. The summed E-state index contributed by atoms with van der Waals surface area (Å²) in [5.41, 5.74) is 5.93. The van der Waals surface area contributed by atoms with Crippen LogP contribution in [0, 0.1) is 5.82 Å². The van der Waals surface area contributed by atoms with E-state index in [4.69, 9.17) is 5.73 Å². The molecule has 1 aromatic rings. The maximum atomic E-state index is 13.4.